The van der Waals surface area contributed by atoms with Crippen LogP contribution in [0.2, 0.25) is 0 Å². The van der Waals surface area contributed by atoms with E-state index in [1.54, 1.807) is 21.0 Å². The molecule has 0 aliphatic carbocycles. The summed E-state index contributed by atoms with van der Waals surface area (Å²) in [7, 11) is 1.60. The van der Waals surface area contributed by atoms with Crippen LogP contribution in [-0.2, 0) is 9.47 Å². The first-order valence-corrected chi connectivity index (χ1v) is 6.13. The molecule has 0 bridgehead atoms. The van der Waals surface area contributed by atoms with Crippen LogP contribution in [0.4, 0.5) is 0 Å². The molecule has 106 valence electrons. The largest absolute Gasteiger partial charge is 2.00 e. The number of ether oxygens (including phenoxy) is 2. The summed E-state index contributed by atoms with van der Waals surface area (Å²) >= 11 is 0. The Bertz CT molecular complexity index is 303. The van der Waals surface area contributed by atoms with E-state index in [-0.39, 0.29) is 60.4 Å². The van der Waals surface area contributed by atoms with E-state index < -0.39 is 10.8 Å². The Kier molecular flexibility index (Phi) is 11.1. The van der Waals surface area contributed by atoms with E-state index in [1.165, 1.54) is 6.08 Å². The Balaban J connectivity index is 0. The van der Waals surface area contributed by atoms with Crippen molar-refractivity contribution in [2.24, 2.45) is 10.8 Å². The van der Waals surface area contributed by atoms with Gasteiger partial charge in [-0.25, -0.2) is 0 Å². The molecule has 0 radical (unpaired) electrons. The van der Waals surface area contributed by atoms with Crippen molar-refractivity contribution in [3.8, 4) is 0 Å². The summed E-state index contributed by atoms with van der Waals surface area (Å²) in [5.41, 5.74) is -1.06. The Labute approximate surface area is 157 Å². The fraction of sp³-hybridized carbons (Fsp3) is 0.786. The van der Waals surface area contributed by atoms with Gasteiger partial charge in [-0.05, 0) is 26.2 Å². The van der Waals surface area contributed by atoms with E-state index in [4.69, 9.17) is 9.47 Å². The molecule has 0 aliphatic heterocycles. The van der Waals surface area contributed by atoms with Gasteiger partial charge < -0.3 is 14.6 Å². The van der Waals surface area contributed by atoms with Crippen molar-refractivity contribution in [1.82, 2.24) is 0 Å². The molecule has 0 unspecified atom stereocenters. The van der Waals surface area contributed by atoms with Crippen molar-refractivity contribution in [3.05, 3.63) is 11.8 Å². The molecule has 0 aromatic heterocycles. The zero-order valence-corrected chi connectivity index (χ0v) is 17.5. The SMILES string of the molecule is COCCOCC(C)(C)/C([O-])=C/C(=[OH+])C(C)(C)C.[Ba+2]. The van der Waals surface area contributed by atoms with Gasteiger partial charge in [0.2, 0.25) is 0 Å². The molecule has 0 saturated heterocycles. The Morgan fingerprint density at radius 3 is 2.11 bits per heavy atom. The van der Waals surface area contributed by atoms with Crippen molar-refractivity contribution < 1.29 is 19.4 Å². The average Bonchev–Trinajstić information content (AvgIpc) is 2.23. The zero-order valence-electron chi connectivity index (χ0n) is 13.1. The summed E-state index contributed by atoms with van der Waals surface area (Å²) in [6, 6.07) is 0. The van der Waals surface area contributed by atoms with Crippen LogP contribution in [0.1, 0.15) is 34.6 Å². The molecule has 0 spiro atoms. The minimum absolute atomic E-state index is 0. The van der Waals surface area contributed by atoms with Crippen molar-refractivity contribution in [1.29, 1.82) is 0 Å². The van der Waals surface area contributed by atoms with Crippen LogP contribution in [0.3, 0.4) is 0 Å². The van der Waals surface area contributed by atoms with E-state index in [9.17, 15) is 9.90 Å². The molecule has 1 N–H and O–H groups in total. The predicted molar refractivity (Wildman–Crippen MR) is 76.7 cm³/mol. The number of methoxy groups -OCH3 is 1. The number of allylic oxidation sites excluding steroid dienone is 1. The van der Waals surface area contributed by atoms with Crippen LogP contribution in [0.15, 0.2) is 11.8 Å². The summed E-state index contributed by atoms with van der Waals surface area (Å²) < 4.78 is 10.2. The van der Waals surface area contributed by atoms with Crippen LogP contribution in [0, 0.1) is 10.8 Å². The number of hydrogen-bond acceptors (Lipinski definition) is 3. The fourth-order valence-electron chi connectivity index (χ4n) is 1.08. The summed E-state index contributed by atoms with van der Waals surface area (Å²) in [4.78, 5) is 9.81. The van der Waals surface area contributed by atoms with Gasteiger partial charge in [0, 0.05) is 13.2 Å². The van der Waals surface area contributed by atoms with Crippen LogP contribution < -0.4 is 5.11 Å². The third-order valence-electron chi connectivity index (χ3n) is 2.60. The van der Waals surface area contributed by atoms with Crippen LogP contribution >= 0.6 is 0 Å². The van der Waals surface area contributed by atoms with Gasteiger partial charge in [-0.3, -0.25) is 4.79 Å². The van der Waals surface area contributed by atoms with Crippen molar-refractivity contribution in [2.75, 3.05) is 26.9 Å². The Hall–Kier alpha value is 0.701. The molecule has 0 aromatic rings. The first-order chi connectivity index (χ1) is 8.11. The minimum Gasteiger partial charge on any atom is -0.875 e. The van der Waals surface area contributed by atoms with E-state index in [1.807, 2.05) is 20.8 Å². The molecular weight excluding hydrogens is 369 g/mol. The third-order valence-corrected chi connectivity index (χ3v) is 2.60. The van der Waals surface area contributed by atoms with Crippen molar-refractivity contribution in [3.63, 3.8) is 0 Å². The van der Waals surface area contributed by atoms with Gasteiger partial charge in [0.25, 0.3) is 0 Å². The van der Waals surface area contributed by atoms with Gasteiger partial charge in [0.1, 0.15) is 0 Å². The monoisotopic (exact) mass is 396 g/mol. The van der Waals surface area contributed by atoms with Crippen LogP contribution in [0.5, 0.6) is 0 Å². The number of ketones is 1. The van der Waals surface area contributed by atoms with Gasteiger partial charge in [0.15, 0.2) is 0 Å². The molecule has 0 rings (SSSR count). The molecule has 0 heterocycles. The normalized spacial score (nSPS) is 13.1. The molecule has 19 heavy (non-hydrogen) atoms. The fourth-order valence-corrected chi connectivity index (χ4v) is 1.08. The Morgan fingerprint density at radius 1 is 1.16 bits per heavy atom. The van der Waals surface area contributed by atoms with Crippen LogP contribution in [-0.4, -0.2) is 86.4 Å². The molecule has 0 amide bonds. The second kappa shape index (κ2) is 9.60. The van der Waals surface area contributed by atoms with Gasteiger partial charge in [-0.2, -0.15) is 0 Å². The van der Waals surface area contributed by atoms with Crippen molar-refractivity contribution >= 4 is 54.7 Å². The Morgan fingerprint density at radius 2 is 1.68 bits per heavy atom. The van der Waals surface area contributed by atoms with Gasteiger partial charge >= 0.3 is 54.7 Å². The standard InChI is InChI=1S/C14H26O4.Ba/c1-13(2,3)11(15)9-12(16)14(4,5)10-18-8-7-17-6;/h9,16H,7-8,10H2,1-6H3;/q;+2/b12-9-;. The summed E-state index contributed by atoms with van der Waals surface area (Å²) in [6.07, 6.45) is 1.31. The average molecular weight is 396 g/mol. The topological polar surface area (TPSA) is 62.9 Å². The van der Waals surface area contributed by atoms with E-state index >= 15 is 0 Å². The second-order valence-corrected chi connectivity index (χ2v) is 6.07. The summed E-state index contributed by atoms with van der Waals surface area (Å²) in [5.74, 6) is -0.0372. The van der Waals surface area contributed by atoms with Gasteiger partial charge in [-0.1, -0.05) is 13.8 Å². The molecule has 0 atom stereocenters. The molecule has 4 nitrogen and oxygen atoms in total. The second-order valence-electron chi connectivity index (χ2n) is 6.07. The number of hydrogen-bond donors (Lipinski definition) is 0. The zero-order chi connectivity index (χ0) is 14.4. The maximum atomic E-state index is 12.0. The van der Waals surface area contributed by atoms with E-state index in [2.05, 4.69) is 0 Å². The van der Waals surface area contributed by atoms with Gasteiger partial charge in [-0.15, -0.1) is 5.76 Å². The molecule has 0 aromatic carbocycles. The first kappa shape index (κ1) is 22.0. The van der Waals surface area contributed by atoms with E-state index in [0.29, 0.717) is 19.8 Å². The van der Waals surface area contributed by atoms with E-state index in [0.717, 1.165) is 0 Å². The molecular formula is C14H26BaO4+2. The first-order valence-electron chi connectivity index (χ1n) is 6.13. The predicted octanol–water partition coefficient (Wildman–Crippen LogP) is 1.13. The molecule has 0 fully saturated rings. The summed E-state index contributed by atoms with van der Waals surface area (Å²) in [5, 5.41) is 12.0. The quantitative estimate of drug-likeness (QED) is 0.213. The van der Waals surface area contributed by atoms with Crippen LogP contribution in [0.25, 0.3) is 0 Å². The number of carbonyl (C=O) groups excluding carboxylic acids is 1. The maximum Gasteiger partial charge on any atom is 2.00 e. The number of rotatable bonds is 7. The van der Waals surface area contributed by atoms with Gasteiger partial charge in [0.05, 0.1) is 25.2 Å². The van der Waals surface area contributed by atoms with Crippen molar-refractivity contribution in [2.45, 2.75) is 34.6 Å². The smallest absolute Gasteiger partial charge is 0.875 e. The maximum absolute atomic E-state index is 12.0. The molecule has 0 aliphatic rings. The molecule has 0 saturated carbocycles. The summed E-state index contributed by atoms with van der Waals surface area (Å²) in [6.45, 7) is 10.4. The minimum atomic E-state index is -0.646. The third kappa shape index (κ3) is 9.29. The molecule has 5 heteroatoms.